The van der Waals surface area contributed by atoms with Crippen molar-refractivity contribution in [3.05, 3.63) is 93.8 Å². The fourth-order valence-corrected chi connectivity index (χ4v) is 3.98. The van der Waals surface area contributed by atoms with Crippen molar-refractivity contribution in [2.45, 2.75) is 19.5 Å². The van der Waals surface area contributed by atoms with Crippen molar-refractivity contribution in [2.24, 2.45) is 0 Å². The molecule has 0 aliphatic carbocycles. The lowest BCUT2D eigenvalue weighted by Crippen LogP contribution is -2.39. The summed E-state index contributed by atoms with van der Waals surface area (Å²) in [5, 5.41) is 7.14. The molecule has 5 nitrogen and oxygen atoms in total. The molecule has 0 spiro atoms. The molecule has 0 radical (unpaired) electrons. The fourth-order valence-electron chi connectivity index (χ4n) is 3.36. The zero-order valence-electron chi connectivity index (χ0n) is 19.1. The highest BCUT2D eigenvalue weighted by Gasteiger charge is 2.29. The van der Waals surface area contributed by atoms with Crippen LogP contribution in [0.25, 0.3) is 6.08 Å². The number of halogens is 3. The number of alkyl halides is 3. The van der Waals surface area contributed by atoms with Gasteiger partial charge in [-0.05, 0) is 53.8 Å². The minimum Gasteiger partial charge on any atom is -0.370 e. The van der Waals surface area contributed by atoms with E-state index in [9.17, 15) is 22.8 Å². The fraction of sp³-hybridized carbons (Fsp3) is 0.231. The molecule has 184 valence electrons. The Morgan fingerprint density at radius 2 is 1.69 bits per heavy atom. The molecule has 1 heterocycles. The molecule has 0 fully saturated rings. The summed E-state index contributed by atoms with van der Waals surface area (Å²) in [5.41, 5.74) is 0.548. The molecule has 0 saturated heterocycles. The summed E-state index contributed by atoms with van der Waals surface area (Å²) < 4.78 is 38.6. The number of anilines is 1. The maximum absolute atomic E-state index is 13.0. The molecule has 0 bridgehead atoms. The number of nitrogens with one attached hydrogen (secondary N) is 2. The number of para-hydroxylation sites is 1. The van der Waals surface area contributed by atoms with Crippen molar-refractivity contribution in [1.29, 1.82) is 0 Å². The van der Waals surface area contributed by atoms with E-state index in [1.54, 1.807) is 17.5 Å². The molecule has 3 aromatic rings. The summed E-state index contributed by atoms with van der Waals surface area (Å²) in [6, 6.07) is 17.5. The summed E-state index contributed by atoms with van der Waals surface area (Å²) >= 11 is 1.22. The molecule has 9 heteroatoms. The van der Waals surface area contributed by atoms with Crippen LogP contribution >= 0.6 is 11.3 Å². The third-order valence-corrected chi connectivity index (χ3v) is 5.94. The average Bonchev–Trinajstić information content (AvgIpc) is 3.38. The quantitative estimate of drug-likeness (QED) is 0.357. The van der Waals surface area contributed by atoms with Gasteiger partial charge in [0.1, 0.15) is 5.70 Å². The predicted octanol–water partition coefficient (Wildman–Crippen LogP) is 5.57. The smallest absolute Gasteiger partial charge is 0.370 e. The van der Waals surface area contributed by atoms with Gasteiger partial charge < -0.3 is 15.5 Å². The Labute approximate surface area is 206 Å². The number of rotatable bonds is 10. The van der Waals surface area contributed by atoms with Crippen molar-refractivity contribution in [2.75, 3.05) is 24.5 Å². The van der Waals surface area contributed by atoms with E-state index in [1.165, 1.54) is 29.5 Å². The maximum Gasteiger partial charge on any atom is 0.416 e. The van der Waals surface area contributed by atoms with Gasteiger partial charge in [0.15, 0.2) is 0 Å². The van der Waals surface area contributed by atoms with Crippen LogP contribution in [-0.4, -0.2) is 31.4 Å². The number of benzene rings is 2. The van der Waals surface area contributed by atoms with E-state index < -0.39 is 23.6 Å². The molecule has 0 aliphatic rings. The Morgan fingerprint density at radius 1 is 0.971 bits per heavy atom. The Morgan fingerprint density at radius 3 is 2.29 bits per heavy atom. The highest BCUT2D eigenvalue weighted by Crippen LogP contribution is 2.29. The third-order valence-electron chi connectivity index (χ3n) is 5.07. The second-order valence-electron chi connectivity index (χ2n) is 7.69. The number of nitrogens with zero attached hydrogens (tertiary/aromatic N) is 1. The van der Waals surface area contributed by atoms with Crippen LogP contribution in [0.15, 0.2) is 77.8 Å². The van der Waals surface area contributed by atoms with E-state index >= 15 is 0 Å². The first-order valence-electron chi connectivity index (χ1n) is 11.1. The van der Waals surface area contributed by atoms with Gasteiger partial charge in [-0.15, -0.1) is 11.3 Å². The molecule has 0 saturated carbocycles. The first kappa shape index (κ1) is 26.0. The van der Waals surface area contributed by atoms with Crippen molar-refractivity contribution >= 4 is 34.9 Å². The van der Waals surface area contributed by atoms with Gasteiger partial charge in [-0.25, -0.2) is 0 Å². The molecule has 2 amide bonds. The van der Waals surface area contributed by atoms with Crippen LogP contribution in [-0.2, 0) is 11.0 Å². The SMILES string of the molecule is CCCN(CCNC(=O)/C(=C/c1ccc(C(F)(F)F)cc1)NC(=O)c1cccs1)c1ccccc1. The minimum absolute atomic E-state index is 0.0510. The highest BCUT2D eigenvalue weighted by molar-refractivity contribution is 7.12. The van der Waals surface area contributed by atoms with E-state index in [1.807, 2.05) is 30.3 Å². The summed E-state index contributed by atoms with van der Waals surface area (Å²) in [6.07, 6.45) is -2.17. The molecule has 1 aromatic heterocycles. The standard InChI is InChI=1S/C26H26F3N3O2S/c1-2-15-32(21-7-4-3-5-8-21)16-14-30-24(33)22(31-25(34)23-9-6-17-35-23)18-19-10-12-20(13-11-19)26(27,28)29/h3-13,17-18H,2,14-16H2,1H3,(H,30,33)(H,31,34)/b22-18-. The monoisotopic (exact) mass is 501 g/mol. The predicted molar refractivity (Wildman–Crippen MR) is 133 cm³/mol. The minimum atomic E-state index is -4.46. The van der Waals surface area contributed by atoms with E-state index in [0.717, 1.165) is 30.8 Å². The van der Waals surface area contributed by atoms with Crippen LogP contribution in [0.2, 0.25) is 0 Å². The Balaban J connectivity index is 1.74. The van der Waals surface area contributed by atoms with Crippen LogP contribution in [0.5, 0.6) is 0 Å². The van der Waals surface area contributed by atoms with Crippen LogP contribution in [0.3, 0.4) is 0 Å². The van der Waals surface area contributed by atoms with Gasteiger partial charge in [0.2, 0.25) is 0 Å². The van der Waals surface area contributed by atoms with Crippen molar-refractivity contribution in [3.8, 4) is 0 Å². The number of thiophene rings is 1. The average molecular weight is 502 g/mol. The van der Waals surface area contributed by atoms with Gasteiger partial charge >= 0.3 is 6.18 Å². The number of hydrogen-bond donors (Lipinski definition) is 2. The van der Waals surface area contributed by atoms with Gasteiger partial charge in [-0.1, -0.05) is 43.3 Å². The lowest BCUT2D eigenvalue weighted by atomic mass is 10.1. The Bertz CT molecular complexity index is 1130. The van der Waals surface area contributed by atoms with Crippen molar-refractivity contribution < 1.29 is 22.8 Å². The van der Waals surface area contributed by atoms with E-state index in [-0.39, 0.29) is 5.70 Å². The largest absolute Gasteiger partial charge is 0.416 e. The second-order valence-corrected chi connectivity index (χ2v) is 8.64. The van der Waals surface area contributed by atoms with Crippen molar-refractivity contribution in [3.63, 3.8) is 0 Å². The van der Waals surface area contributed by atoms with E-state index in [4.69, 9.17) is 0 Å². The zero-order chi connectivity index (χ0) is 25.3. The van der Waals surface area contributed by atoms with Gasteiger partial charge in [0.25, 0.3) is 11.8 Å². The summed E-state index contributed by atoms with van der Waals surface area (Å²) in [6.45, 7) is 3.74. The number of carbonyl (C=O) groups is 2. The molecule has 0 atom stereocenters. The zero-order valence-corrected chi connectivity index (χ0v) is 20.0. The summed E-state index contributed by atoms with van der Waals surface area (Å²) in [7, 11) is 0. The molecule has 0 aliphatic heterocycles. The first-order valence-corrected chi connectivity index (χ1v) is 12.0. The Kier molecular flexibility index (Phi) is 9.08. The lowest BCUT2D eigenvalue weighted by Gasteiger charge is -2.24. The maximum atomic E-state index is 13.0. The summed E-state index contributed by atoms with van der Waals surface area (Å²) in [5.74, 6) is -0.996. The van der Waals surface area contributed by atoms with Crippen LogP contribution in [0, 0.1) is 0 Å². The van der Waals surface area contributed by atoms with Gasteiger partial charge in [-0.3, -0.25) is 9.59 Å². The van der Waals surface area contributed by atoms with Crippen LogP contribution in [0.4, 0.5) is 18.9 Å². The topological polar surface area (TPSA) is 61.4 Å². The normalized spacial score (nSPS) is 11.7. The summed E-state index contributed by atoms with van der Waals surface area (Å²) in [4.78, 5) is 28.1. The first-order chi connectivity index (χ1) is 16.8. The van der Waals surface area contributed by atoms with E-state index in [2.05, 4.69) is 22.5 Å². The van der Waals surface area contributed by atoms with Gasteiger partial charge in [-0.2, -0.15) is 13.2 Å². The molecule has 2 aromatic carbocycles. The van der Waals surface area contributed by atoms with Crippen LogP contribution < -0.4 is 15.5 Å². The molecule has 2 N–H and O–H groups in total. The van der Waals surface area contributed by atoms with Crippen molar-refractivity contribution in [1.82, 2.24) is 10.6 Å². The van der Waals surface area contributed by atoms with Gasteiger partial charge in [0.05, 0.1) is 10.4 Å². The van der Waals surface area contributed by atoms with E-state index in [0.29, 0.717) is 23.5 Å². The number of amides is 2. The highest BCUT2D eigenvalue weighted by atomic mass is 32.1. The van der Waals surface area contributed by atoms with Gasteiger partial charge in [0, 0.05) is 25.3 Å². The van der Waals surface area contributed by atoms with Crippen LogP contribution in [0.1, 0.15) is 34.1 Å². The molecule has 35 heavy (non-hydrogen) atoms. The Hall–Kier alpha value is -3.59. The third kappa shape index (κ3) is 7.71. The number of carbonyl (C=O) groups excluding carboxylic acids is 2. The molecule has 3 rings (SSSR count). The molecular weight excluding hydrogens is 475 g/mol. The molecule has 0 unspecified atom stereocenters. The second kappa shape index (κ2) is 12.2. The molecular formula is C26H26F3N3O2S. The lowest BCUT2D eigenvalue weighted by molar-refractivity contribution is -0.137. The number of hydrogen-bond acceptors (Lipinski definition) is 4.